The van der Waals surface area contributed by atoms with Gasteiger partial charge in [0.15, 0.2) is 0 Å². The van der Waals surface area contributed by atoms with Gasteiger partial charge in [-0.2, -0.15) is 5.10 Å². The molecule has 0 aliphatic rings. The Balaban J connectivity index is 1.53. The molecule has 3 aromatic carbocycles. The van der Waals surface area contributed by atoms with Crippen molar-refractivity contribution in [3.05, 3.63) is 92.4 Å². The Morgan fingerprint density at radius 3 is 2.38 bits per heavy atom. The van der Waals surface area contributed by atoms with E-state index >= 15 is 0 Å². The number of nitrogens with zero attached hydrogens (tertiary/aromatic N) is 1. The van der Waals surface area contributed by atoms with Crippen LogP contribution in [0.3, 0.4) is 0 Å². The van der Waals surface area contributed by atoms with E-state index in [1.807, 2.05) is 0 Å². The molecule has 2 N–H and O–H groups in total. The molecule has 0 radical (unpaired) electrons. The van der Waals surface area contributed by atoms with Crippen molar-refractivity contribution in [1.82, 2.24) is 5.43 Å². The Kier molecular flexibility index (Phi) is 7.99. The summed E-state index contributed by atoms with van der Waals surface area (Å²) < 4.78 is 5.96. The maximum Gasteiger partial charge on any atom is 0.344 e. The van der Waals surface area contributed by atoms with Crippen LogP contribution in [0.1, 0.15) is 15.9 Å². The maximum absolute atomic E-state index is 12.2. The highest BCUT2D eigenvalue weighted by Gasteiger charge is 2.15. The largest absolute Gasteiger partial charge is 0.423 e. The van der Waals surface area contributed by atoms with Gasteiger partial charge in [0.2, 0.25) is 0 Å². The number of nitrogens with one attached hydrogen (secondary N) is 2. The minimum Gasteiger partial charge on any atom is -0.423 e. The molecule has 162 valence electrons. The number of carbonyl (C=O) groups excluding carboxylic acids is 3. The Morgan fingerprint density at radius 2 is 1.66 bits per heavy atom. The first-order chi connectivity index (χ1) is 15.3. The van der Waals surface area contributed by atoms with E-state index in [4.69, 9.17) is 27.9 Å². The molecule has 3 aromatic rings. The zero-order valence-corrected chi connectivity index (χ0v) is 19.2. The van der Waals surface area contributed by atoms with Crippen LogP contribution in [0.2, 0.25) is 10.0 Å². The lowest BCUT2D eigenvalue weighted by Crippen LogP contribution is -2.32. The van der Waals surface area contributed by atoms with Crippen LogP contribution < -0.4 is 15.5 Å². The standard InChI is InChI=1S/C22H14BrCl2N3O4/c23-17-4-2-1-3-16(17)22(31)32-15-8-5-13(6-9-15)12-26-28-21(30)20(29)27-19-11-14(24)7-10-18(19)25/h1-12H,(H,27,29)(H,28,30)/b26-12-. The molecule has 0 bridgehead atoms. The topological polar surface area (TPSA) is 96.9 Å². The summed E-state index contributed by atoms with van der Waals surface area (Å²) in [5.74, 6) is -2.11. The lowest BCUT2D eigenvalue weighted by atomic mass is 10.2. The molecule has 32 heavy (non-hydrogen) atoms. The van der Waals surface area contributed by atoms with Crippen LogP contribution in [-0.4, -0.2) is 24.0 Å². The number of anilines is 1. The smallest absolute Gasteiger partial charge is 0.344 e. The lowest BCUT2D eigenvalue weighted by molar-refractivity contribution is -0.136. The second-order valence-corrected chi connectivity index (χ2v) is 7.91. The first-order valence-electron chi connectivity index (χ1n) is 8.99. The number of rotatable bonds is 5. The zero-order valence-electron chi connectivity index (χ0n) is 16.1. The molecule has 0 aliphatic heterocycles. The molecule has 0 aromatic heterocycles. The van der Waals surface area contributed by atoms with Gasteiger partial charge in [0.25, 0.3) is 0 Å². The van der Waals surface area contributed by atoms with Crippen LogP contribution in [0.15, 0.2) is 76.3 Å². The molecule has 10 heteroatoms. The van der Waals surface area contributed by atoms with Crippen LogP contribution >= 0.6 is 39.1 Å². The summed E-state index contributed by atoms with van der Waals surface area (Å²) >= 11 is 15.1. The van der Waals surface area contributed by atoms with Crippen molar-refractivity contribution in [2.75, 3.05) is 5.32 Å². The van der Waals surface area contributed by atoms with Gasteiger partial charge in [-0.25, -0.2) is 10.2 Å². The van der Waals surface area contributed by atoms with Gasteiger partial charge in [0, 0.05) is 9.50 Å². The van der Waals surface area contributed by atoms with Gasteiger partial charge in [-0.15, -0.1) is 0 Å². The Bertz CT molecular complexity index is 1200. The first-order valence-corrected chi connectivity index (χ1v) is 10.5. The van der Waals surface area contributed by atoms with Crippen molar-refractivity contribution in [3.63, 3.8) is 0 Å². The number of hydrogen-bond acceptors (Lipinski definition) is 5. The van der Waals surface area contributed by atoms with E-state index in [2.05, 4.69) is 31.8 Å². The monoisotopic (exact) mass is 533 g/mol. The Labute approximate surface area is 201 Å². The molecule has 0 saturated heterocycles. The van der Waals surface area contributed by atoms with Gasteiger partial charge in [-0.05, 0) is 76.1 Å². The van der Waals surface area contributed by atoms with E-state index in [9.17, 15) is 14.4 Å². The molecule has 7 nitrogen and oxygen atoms in total. The predicted molar refractivity (Wildman–Crippen MR) is 126 cm³/mol. The Morgan fingerprint density at radius 1 is 0.938 bits per heavy atom. The van der Waals surface area contributed by atoms with E-state index in [0.29, 0.717) is 26.4 Å². The highest BCUT2D eigenvalue weighted by molar-refractivity contribution is 9.10. The van der Waals surface area contributed by atoms with Gasteiger partial charge in [-0.1, -0.05) is 35.3 Å². The highest BCUT2D eigenvalue weighted by atomic mass is 79.9. The van der Waals surface area contributed by atoms with Gasteiger partial charge in [0.1, 0.15) is 5.75 Å². The van der Waals surface area contributed by atoms with E-state index in [-0.39, 0.29) is 10.7 Å². The summed E-state index contributed by atoms with van der Waals surface area (Å²) in [7, 11) is 0. The van der Waals surface area contributed by atoms with Gasteiger partial charge in [-0.3, -0.25) is 9.59 Å². The van der Waals surface area contributed by atoms with Gasteiger partial charge >= 0.3 is 17.8 Å². The quantitative estimate of drug-likeness (QED) is 0.157. The number of hydrogen-bond donors (Lipinski definition) is 2. The summed E-state index contributed by atoms with van der Waals surface area (Å²) in [4.78, 5) is 36.1. The molecular formula is C22H14BrCl2N3O4. The SMILES string of the molecule is O=C(N/N=C\c1ccc(OC(=O)c2ccccc2Br)cc1)C(=O)Nc1cc(Cl)ccc1Cl. The summed E-state index contributed by atoms with van der Waals surface area (Å²) in [6.07, 6.45) is 1.33. The van der Waals surface area contributed by atoms with E-state index in [1.165, 1.54) is 18.3 Å². The van der Waals surface area contributed by atoms with Crippen molar-refractivity contribution < 1.29 is 19.1 Å². The van der Waals surface area contributed by atoms with Crippen molar-refractivity contribution in [3.8, 4) is 5.75 Å². The second kappa shape index (κ2) is 10.9. The minimum atomic E-state index is -0.990. The van der Waals surface area contributed by atoms with Crippen LogP contribution in [0.5, 0.6) is 5.75 Å². The first kappa shape index (κ1) is 23.5. The number of ether oxygens (including phenoxy) is 1. The van der Waals surface area contributed by atoms with Crippen LogP contribution in [0, 0.1) is 0 Å². The second-order valence-electron chi connectivity index (χ2n) is 6.22. The fourth-order valence-corrected chi connectivity index (χ4v) is 3.18. The predicted octanol–water partition coefficient (Wildman–Crippen LogP) is 5.06. The lowest BCUT2D eigenvalue weighted by Gasteiger charge is -2.06. The van der Waals surface area contributed by atoms with Crippen molar-refractivity contribution in [2.24, 2.45) is 5.10 Å². The third-order valence-electron chi connectivity index (χ3n) is 3.95. The number of amides is 2. The molecule has 3 rings (SSSR count). The van der Waals surface area contributed by atoms with Gasteiger partial charge in [0.05, 0.1) is 22.5 Å². The Hall–Kier alpha value is -3.20. The summed E-state index contributed by atoms with van der Waals surface area (Å²) in [6.45, 7) is 0. The molecule has 0 fully saturated rings. The third-order valence-corrected chi connectivity index (χ3v) is 5.20. The molecule has 0 aliphatic carbocycles. The third kappa shape index (κ3) is 6.40. The van der Waals surface area contributed by atoms with Crippen molar-refractivity contribution >= 4 is 68.8 Å². The van der Waals surface area contributed by atoms with Crippen molar-refractivity contribution in [2.45, 2.75) is 0 Å². The van der Waals surface area contributed by atoms with Crippen LogP contribution in [0.4, 0.5) is 5.69 Å². The number of halogens is 3. The molecular weight excluding hydrogens is 521 g/mol. The summed E-state index contributed by atoms with van der Waals surface area (Å²) in [6, 6.07) is 17.8. The number of benzene rings is 3. The molecule has 0 saturated carbocycles. The normalized spacial score (nSPS) is 10.6. The average molecular weight is 535 g/mol. The maximum atomic E-state index is 12.2. The number of hydrazone groups is 1. The van der Waals surface area contributed by atoms with Gasteiger partial charge < -0.3 is 10.1 Å². The highest BCUT2D eigenvalue weighted by Crippen LogP contribution is 2.25. The molecule has 0 spiro atoms. The molecule has 2 amide bonds. The summed E-state index contributed by atoms with van der Waals surface area (Å²) in [5.41, 5.74) is 3.32. The molecule has 0 unspecified atom stereocenters. The fraction of sp³-hybridized carbons (Fsp3) is 0. The van der Waals surface area contributed by atoms with E-state index < -0.39 is 17.8 Å². The number of carbonyl (C=O) groups is 3. The van der Waals surface area contributed by atoms with Crippen molar-refractivity contribution in [1.29, 1.82) is 0 Å². The molecule has 0 heterocycles. The average Bonchev–Trinajstić information content (AvgIpc) is 2.77. The van der Waals surface area contributed by atoms with E-state index in [1.54, 1.807) is 54.6 Å². The number of esters is 1. The zero-order chi connectivity index (χ0) is 23.1. The fourth-order valence-electron chi connectivity index (χ4n) is 2.40. The minimum absolute atomic E-state index is 0.205. The van der Waals surface area contributed by atoms with Crippen LogP contribution in [0.25, 0.3) is 0 Å². The summed E-state index contributed by atoms with van der Waals surface area (Å²) in [5, 5.41) is 6.68. The molecule has 0 atom stereocenters. The van der Waals surface area contributed by atoms with E-state index in [0.717, 1.165) is 0 Å². The van der Waals surface area contributed by atoms with Crippen LogP contribution in [-0.2, 0) is 9.59 Å².